The molecule has 1 aromatic heterocycles. The predicted octanol–water partition coefficient (Wildman–Crippen LogP) is 3.09. The highest BCUT2D eigenvalue weighted by Crippen LogP contribution is 2.44. The van der Waals surface area contributed by atoms with Crippen molar-refractivity contribution in [1.82, 2.24) is 9.88 Å². The summed E-state index contributed by atoms with van der Waals surface area (Å²) < 4.78 is 5.57. The zero-order valence-corrected chi connectivity index (χ0v) is 15.0. The second-order valence-corrected chi connectivity index (χ2v) is 8.11. The van der Waals surface area contributed by atoms with Crippen molar-refractivity contribution in [2.24, 2.45) is 0 Å². The first-order chi connectivity index (χ1) is 11.7. The third kappa shape index (κ3) is 3.62. The van der Waals surface area contributed by atoms with Gasteiger partial charge in [-0.25, -0.2) is 4.79 Å². The number of fused-ring (bicyclic) bond motifs is 2. The average molecular weight is 343 g/mol. The lowest BCUT2D eigenvalue weighted by Gasteiger charge is -2.51. The number of aliphatic hydroxyl groups is 1. The molecule has 1 amide bonds. The minimum atomic E-state index is -1.07. The number of aromatic nitrogens is 1. The van der Waals surface area contributed by atoms with E-state index >= 15 is 0 Å². The molecule has 0 spiro atoms. The van der Waals surface area contributed by atoms with E-state index in [1.807, 2.05) is 31.7 Å². The van der Waals surface area contributed by atoms with Crippen molar-refractivity contribution in [3.63, 3.8) is 0 Å². The van der Waals surface area contributed by atoms with E-state index in [4.69, 9.17) is 10.00 Å². The molecular formula is C19H25N3O3. The summed E-state index contributed by atoms with van der Waals surface area (Å²) >= 11 is 0. The van der Waals surface area contributed by atoms with Crippen LogP contribution in [0.1, 0.15) is 64.1 Å². The number of nitriles is 1. The van der Waals surface area contributed by atoms with E-state index in [2.05, 4.69) is 4.98 Å². The number of nitrogens with zero attached hydrogens (tertiary/aromatic N) is 3. The lowest BCUT2D eigenvalue weighted by molar-refractivity contribution is -0.0984. The minimum absolute atomic E-state index is 0.0511. The van der Waals surface area contributed by atoms with Crippen LogP contribution in [-0.4, -0.2) is 38.8 Å². The Morgan fingerprint density at radius 2 is 2.00 bits per heavy atom. The van der Waals surface area contributed by atoms with E-state index < -0.39 is 11.2 Å². The van der Waals surface area contributed by atoms with Gasteiger partial charge >= 0.3 is 6.09 Å². The van der Waals surface area contributed by atoms with Gasteiger partial charge in [-0.05, 0) is 52.2 Å². The van der Waals surface area contributed by atoms with E-state index in [-0.39, 0.29) is 18.2 Å². The molecule has 2 saturated heterocycles. The Labute approximate surface area is 148 Å². The van der Waals surface area contributed by atoms with Crippen LogP contribution in [0.2, 0.25) is 0 Å². The molecule has 2 atom stereocenters. The van der Waals surface area contributed by atoms with E-state index in [0.29, 0.717) is 24.1 Å². The molecule has 2 unspecified atom stereocenters. The third-order valence-electron chi connectivity index (χ3n) is 4.98. The van der Waals surface area contributed by atoms with E-state index in [0.717, 1.165) is 19.3 Å². The molecule has 0 radical (unpaired) electrons. The molecule has 2 aliphatic rings. The lowest BCUT2D eigenvalue weighted by Crippen LogP contribution is -2.59. The van der Waals surface area contributed by atoms with Crippen molar-refractivity contribution in [3.8, 4) is 6.07 Å². The second-order valence-electron chi connectivity index (χ2n) is 8.11. The highest BCUT2D eigenvalue weighted by Gasteiger charge is 2.49. The molecule has 25 heavy (non-hydrogen) atoms. The van der Waals surface area contributed by atoms with Gasteiger partial charge in [0.2, 0.25) is 0 Å². The fourth-order valence-corrected chi connectivity index (χ4v) is 3.99. The first-order valence-electron chi connectivity index (χ1n) is 8.82. The highest BCUT2D eigenvalue weighted by atomic mass is 16.6. The molecule has 3 rings (SSSR count). The zero-order valence-electron chi connectivity index (χ0n) is 15.0. The molecule has 3 heterocycles. The maximum Gasteiger partial charge on any atom is 0.410 e. The Kier molecular flexibility index (Phi) is 4.46. The third-order valence-corrected chi connectivity index (χ3v) is 4.98. The molecule has 2 aliphatic heterocycles. The Morgan fingerprint density at radius 3 is 2.48 bits per heavy atom. The van der Waals surface area contributed by atoms with Gasteiger partial charge in [0.05, 0.1) is 11.3 Å². The summed E-state index contributed by atoms with van der Waals surface area (Å²) in [7, 11) is 0. The molecular weight excluding hydrogens is 318 g/mol. The SMILES string of the molecule is CC(C)(C)OC(=O)N1C2CCCC1CC(O)(c1ccc(C#N)cn1)C2. The predicted molar refractivity (Wildman–Crippen MR) is 91.6 cm³/mol. The fraction of sp³-hybridized carbons (Fsp3) is 0.632. The number of hydrogen-bond acceptors (Lipinski definition) is 5. The van der Waals surface area contributed by atoms with Gasteiger partial charge < -0.3 is 14.7 Å². The first-order valence-corrected chi connectivity index (χ1v) is 8.82. The van der Waals surface area contributed by atoms with Gasteiger partial charge in [0.1, 0.15) is 17.3 Å². The molecule has 6 nitrogen and oxygen atoms in total. The molecule has 1 aromatic rings. The highest BCUT2D eigenvalue weighted by molar-refractivity contribution is 5.69. The van der Waals surface area contributed by atoms with Crippen LogP contribution in [-0.2, 0) is 10.3 Å². The number of carbonyl (C=O) groups excluding carboxylic acids is 1. The minimum Gasteiger partial charge on any atom is -0.444 e. The van der Waals surface area contributed by atoms with Crippen LogP contribution in [0.3, 0.4) is 0 Å². The number of carbonyl (C=O) groups is 1. The number of ether oxygens (including phenoxy) is 1. The Hall–Kier alpha value is -2.13. The molecule has 0 saturated carbocycles. The standard InChI is InChI=1S/C19H25N3O3/c1-18(2,3)25-17(23)22-14-5-4-6-15(22)10-19(24,9-14)16-8-7-13(11-20)12-21-16/h7-8,12,14-15,24H,4-6,9-10H2,1-3H3. The number of pyridine rings is 1. The summed E-state index contributed by atoms with van der Waals surface area (Å²) in [5.41, 5.74) is -0.554. The number of hydrogen-bond donors (Lipinski definition) is 1. The van der Waals surface area contributed by atoms with Gasteiger partial charge in [-0.1, -0.05) is 0 Å². The van der Waals surface area contributed by atoms with Crippen LogP contribution in [0.25, 0.3) is 0 Å². The van der Waals surface area contributed by atoms with Crippen molar-refractivity contribution in [2.45, 2.75) is 76.2 Å². The van der Waals surface area contributed by atoms with Crippen molar-refractivity contribution in [1.29, 1.82) is 5.26 Å². The summed E-state index contributed by atoms with van der Waals surface area (Å²) in [5, 5.41) is 20.1. The largest absolute Gasteiger partial charge is 0.444 e. The van der Waals surface area contributed by atoms with E-state index in [9.17, 15) is 9.90 Å². The van der Waals surface area contributed by atoms with Gasteiger partial charge in [-0.15, -0.1) is 0 Å². The van der Waals surface area contributed by atoms with Gasteiger partial charge in [0.25, 0.3) is 0 Å². The summed E-state index contributed by atoms with van der Waals surface area (Å²) in [6, 6.07) is 5.33. The molecule has 2 bridgehead atoms. The molecule has 1 N–H and O–H groups in total. The molecule has 0 aliphatic carbocycles. The van der Waals surface area contributed by atoms with Gasteiger partial charge in [0, 0.05) is 31.1 Å². The smallest absolute Gasteiger partial charge is 0.410 e. The molecule has 134 valence electrons. The van der Waals surface area contributed by atoms with Crippen molar-refractivity contribution < 1.29 is 14.6 Å². The Balaban J connectivity index is 1.83. The maximum absolute atomic E-state index is 12.6. The number of piperidine rings is 2. The molecule has 2 fully saturated rings. The molecule has 0 aromatic carbocycles. The van der Waals surface area contributed by atoms with Crippen LogP contribution >= 0.6 is 0 Å². The van der Waals surface area contributed by atoms with Crippen LogP contribution in [0.5, 0.6) is 0 Å². The topological polar surface area (TPSA) is 86.5 Å². The normalized spacial score (nSPS) is 29.0. The quantitative estimate of drug-likeness (QED) is 0.847. The van der Waals surface area contributed by atoms with Gasteiger partial charge in [0.15, 0.2) is 0 Å². The van der Waals surface area contributed by atoms with Crippen LogP contribution in [0.4, 0.5) is 4.79 Å². The summed E-state index contributed by atoms with van der Waals surface area (Å²) in [6.07, 6.45) is 4.85. The maximum atomic E-state index is 12.6. The molecule has 6 heteroatoms. The number of rotatable bonds is 1. The summed E-state index contributed by atoms with van der Waals surface area (Å²) in [5.74, 6) is 0. The zero-order chi connectivity index (χ0) is 18.2. The first kappa shape index (κ1) is 17.7. The van der Waals surface area contributed by atoms with Crippen molar-refractivity contribution in [2.75, 3.05) is 0 Å². The van der Waals surface area contributed by atoms with Crippen LogP contribution in [0.15, 0.2) is 18.3 Å². The summed E-state index contributed by atoms with van der Waals surface area (Å²) in [4.78, 5) is 18.7. The van der Waals surface area contributed by atoms with Crippen molar-refractivity contribution in [3.05, 3.63) is 29.6 Å². The Morgan fingerprint density at radius 1 is 1.36 bits per heavy atom. The van der Waals surface area contributed by atoms with Gasteiger partial charge in [-0.3, -0.25) is 4.98 Å². The van der Waals surface area contributed by atoms with Gasteiger partial charge in [-0.2, -0.15) is 5.26 Å². The Bertz CT molecular complexity index is 673. The van der Waals surface area contributed by atoms with E-state index in [1.165, 1.54) is 6.20 Å². The second kappa shape index (κ2) is 6.30. The van der Waals surface area contributed by atoms with E-state index in [1.54, 1.807) is 12.1 Å². The lowest BCUT2D eigenvalue weighted by atomic mass is 9.74. The fourth-order valence-electron chi connectivity index (χ4n) is 3.99. The monoisotopic (exact) mass is 343 g/mol. The summed E-state index contributed by atoms with van der Waals surface area (Å²) in [6.45, 7) is 5.59. The van der Waals surface area contributed by atoms with Crippen LogP contribution < -0.4 is 0 Å². The number of amides is 1. The van der Waals surface area contributed by atoms with Crippen molar-refractivity contribution >= 4 is 6.09 Å². The van der Waals surface area contributed by atoms with Crippen LogP contribution in [0, 0.1) is 11.3 Å². The average Bonchev–Trinajstić information content (AvgIpc) is 2.52.